The van der Waals surface area contributed by atoms with E-state index in [1.54, 1.807) is 0 Å². The van der Waals surface area contributed by atoms with Gasteiger partial charge in [0, 0.05) is 0 Å². The maximum absolute atomic E-state index is 10.8. The lowest BCUT2D eigenvalue weighted by atomic mass is 10.1. The Hall–Kier alpha value is -0.730. The third-order valence-corrected chi connectivity index (χ3v) is 2.65. The second-order valence-corrected chi connectivity index (χ2v) is 3.93. The maximum atomic E-state index is 10.8. The van der Waals surface area contributed by atoms with Gasteiger partial charge in [-0.05, 0) is 19.8 Å². The Balaban J connectivity index is 2.04. The Bertz CT molecular complexity index is 179. The van der Waals surface area contributed by atoms with Crippen molar-refractivity contribution in [2.75, 3.05) is 0 Å². The first-order valence-corrected chi connectivity index (χ1v) is 5.61. The molecular weight excluding hydrogens is 180 g/mol. The van der Waals surface area contributed by atoms with E-state index in [-0.39, 0.29) is 12.2 Å². The van der Waals surface area contributed by atoms with E-state index in [0.717, 1.165) is 12.8 Å². The molecule has 0 aromatic rings. The number of carbonyl (C=O) groups is 1. The first-order chi connectivity index (χ1) is 6.74. The summed E-state index contributed by atoms with van der Waals surface area (Å²) in [6.07, 6.45) is 6.58. The van der Waals surface area contributed by atoms with Crippen LogP contribution < -0.4 is 0 Å². The van der Waals surface area contributed by atoms with Crippen LogP contribution in [0.3, 0.4) is 0 Å². The Kier molecular flexibility index (Phi) is 4.77. The molecule has 3 heteroatoms. The molecule has 3 nitrogen and oxygen atoms in total. The summed E-state index contributed by atoms with van der Waals surface area (Å²) in [7, 11) is 0. The van der Waals surface area contributed by atoms with E-state index >= 15 is 0 Å². The van der Waals surface area contributed by atoms with Crippen molar-refractivity contribution < 1.29 is 14.3 Å². The van der Waals surface area contributed by atoms with E-state index in [4.69, 9.17) is 9.47 Å². The zero-order valence-electron chi connectivity index (χ0n) is 9.12. The average Bonchev–Trinajstić information content (AvgIpc) is 2.45. The monoisotopic (exact) mass is 200 g/mol. The van der Waals surface area contributed by atoms with E-state index in [2.05, 4.69) is 6.92 Å². The second kappa shape index (κ2) is 5.89. The molecule has 1 saturated heterocycles. The van der Waals surface area contributed by atoms with Crippen molar-refractivity contribution in [1.29, 1.82) is 0 Å². The van der Waals surface area contributed by atoms with Gasteiger partial charge >= 0.3 is 6.16 Å². The molecule has 14 heavy (non-hydrogen) atoms. The highest BCUT2D eigenvalue weighted by Gasteiger charge is 2.32. The van der Waals surface area contributed by atoms with Gasteiger partial charge in [0.25, 0.3) is 0 Å². The summed E-state index contributed by atoms with van der Waals surface area (Å²) in [4.78, 5) is 10.8. The normalized spacial score (nSPS) is 26.0. The number of unbranched alkanes of at least 4 members (excludes halogenated alkanes) is 4. The molecule has 0 radical (unpaired) electrons. The van der Waals surface area contributed by atoms with E-state index in [9.17, 15) is 4.79 Å². The molecule has 0 amide bonds. The van der Waals surface area contributed by atoms with Gasteiger partial charge in [0.2, 0.25) is 0 Å². The zero-order valence-corrected chi connectivity index (χ0v) is 9.12. The van der Waals surface area contributed by atoms with Crippen molar-refractivity contribution in [2.24, 2.45) is 0 Å². The maximum Gasteiger partial charge on any atom is 0.509 e. The lowest BCUT2D eigenvalue weighted by Crippen LogP contribution is -2.18. The third-order valence-electron chi connectivity index (χ3n) is 2.65. The summed E-state index contributed by atoms with van der Waals surface area (Å²) >= 11 is 0. The summed E-state index contributed by atoms with van der Waals surface area (Å²) in [6, 6.07) is 0. The lowest BCUT2D eigenvalue weighted by Gasteiger charge is -2.10. The number of ether oxygens (including phenoxy) is 2. The molecule has 0 aliphatic carbocycles. The fourth-order valence-electron chi connectivity index (χ4n) is 1.72. The Morgan fingerprint density at radius 1 is 1.14 bits per heavy atom. The quantitative estimate of drug-likeness (QED) is 0.487. The minimum absolute atomic E-state index is 0.0101. The predicted octanol–water partition coefficient (Wildman–Crippen LogP) is 3.27. The van der Waals surface area contributed by atoms with Crippen molar-refractivity contribution >= 4 is 6.16 Å². The summed E-state index contributed by atoms with van der Waals surface area (Å²) in [5.41, 5.74) is 0. The van der Waals surface area contributed by atoms with E-state index in [1.807, 2.05) is 6.92 Å². The minimum atomic E-state index is -0.504. The van der Waals surface area contributed by atoms with E-state index in [0.29, 0.717) is 0 Å². The molecule has 82 valence electrons. The summed E-state index contributed by atoms with van der Waals surface area (Å²) in [5, 5.41) is 0. The van der Waals surface area contributed by atoms with Gasteiger partial charge in [0.1, 0.15) is 12.2 Å². The van der Waals surface area contributed by atoms with Crippen LogP contribution in [-0.2, 0) is 9.47 Å². The van der Waals surface area contributed by atoms with Crippen molar-refractivity contribution in [1.82, 2.24) is 0 Å². The number of rotatable bonds is 6. The highest BCUT2D eigenvalue weighted by atomic mass is 16.8. The number of hydrogen-bond acceptors (Lipinski definition) is 3. The molecular formula is C11H20O3. The van der Waals surface area contributed by atoms with Crippen LogP contribution in [0.15, 0.2) is 0 Å². The largest absolute Gasteiger partial charge is 0.509 e. The minimum Gasteiger partial charge on any atom is -0.427 e. The fourth-order valence-corrected chi connectivity index (χ4v) is 1.72. The Morgan fingerprint density at radius 3 is 2.43 bits per heavy atom. The SMILES string of the molecule is CCCCCCCC1OC(=O)OC1C. The molecule has 1 heterocycles. The van der Waals surface area contributed by atoms with Crippen molar-refractivity contribution in [3.63, 3.8) is 0 Å². The molecule has 1 rings (SSSR count). The molecule has 0 N–H and O–H groups in total. The fraction of sp³-hybridized carbons (Fsp3) is 0.909. The molecule has 1 aliphatic heterocycles. The van der Waals surface area contributed by atoms with Crippen molar-refractivity contribution in [3.05, 3.63) is 0 Å². The molecule has 1 aliphatic rings. The highest BCUT2D eigenvalue weighted by molar-refractivity contribution is 5.62. The average molecular weight is 200 g/mol. The van der Waals surface area contributed by atoms with Gasteiger partial charge in [0.05, 0.1) is 0 Å². The van der Waals surface area contributed by atoms with Crippen LogP contribution in [0, 0.1) is 0 Å². The van der Waals surface area contributed by atoms with Gasteiger partial charge in [-0.15, -0.1) is 0 Å². The Labute approximate surface area is 85.8 Å². The highest BCUT2D eigenvalue weighted by Crippen LogP contribution is 2.20. The van der Waals surface area contributed by atoms with Crippen LogP contribution in [0.1, 0.15) is 52.4 Å². The summed E-state index contributed by atoms with van der Waals surface area (Å²) < 4.78 is 9.91. The smallest absolute Gasteiger partial charge is 0.427 e. The van der Waals surface area contributed by atoms with Gasteiger partial charge < -0.3 is 9.47 Å². The van der Waals surface area contributed by atoms with Crippen molar-refractivity contribution in [3.8, 4) is 0 Å². The van der Waals surface area contributed by atoms with Gasteiger partial charge in [-0.3, -0.25) is 0 Å². The van der Waals surface area contributed by atoms with Crippen LogP contribution in [0.4, 0.5) is 4.79 Å². The molecule has 0 saturated carbocycles. The second-order valence-electron chi connectivity index (χ2n) is 3.93. The van der Waals surface area contributed by atoms with Gasteiger partial charge in [-0.1, -0.05) is 32.6 Å². The molecule has 0 aromatic carbocycles. The zero-order chi connectivity index (χ0) is 10.4. The lowest BCUT2D eigenvalue weighted by molar-refractivity contribution is 0.115. The molecule has 2 atom stereocenters. The standard InChI is InChI=1S/C11H20O3/c1-3-4-5-6-7-8-10-9(2)13-11(12)14-10/h9-10H,3-8H2,1-2H3. The number of cyclic esters (lactones) is 2. The van der Waals surface area contributed by atoms with Crippen LogP contribution >= 0.6 is 0 Å². The summed E-state index contributed by atoms with van der Waals surface area (Å²) in [5.74, 6) is 0. The van der Waals surface area contributed by atoms with E-state index in [1.165, 1.54) is 25.7 Å². The predicted molar refractivity (Wildman–Crippen MR) is 54.2 cm³/mol. The van der Waals surface area contributed by atoms with Gasteiger partial charge in [-0.25, -0.2) is 4.79 Å². The van der Waals surface area contributed by atoms with E-state index < -0.39 is 6.16 Å². The van der Waals surface area contributed by atoms with Crippen LogP contribution in [0.5, 0.6) is 0 Å². The van der Waals surface area contributed by atoms with Crippen molar-refractivity contribution in [2.45, 2.75) is 64.6 Å². The van der Waals surface area contributed by atoms with Crippen LogP contribution in [0.25, 0.3) is 0 Å². The van der Waals surface area contributed by atoms with Crippen LogP contribution in [-0.4, -0.2) is 18.4 Å². The number of carbonyl (C=O) groups excluding carboxylic acids is 1. The van der Waals surface area contributed by atoms with Crippen LogP contribution in [0.2, 0.25) is 0 Å². The molecule has 0 bridgehead atoms. The molecule has 0 spiro atoms. The topological polar surface area (TPSA) is 35.5 Å². The number of hydrogen-bond donors (Lipinski definition) is 0. The molecule has 0 aromatic heterocycles. The molecule has 2 unspecified atom stereocenters. The van der Waals surface area contributed by atoms with Gasteiger partial charge in [-0.2, -0.15) is 0 Å². The third kappa shape index (κ3) is 3.56. The van der Waals surface area contributed by atoms with Gasteiger partial charge in [0.15, 0.2) is 0 Å². The summed E-state index contributed by atoms with van der Waals surface area (Å²) in [6.45, 7) is 4.09. The first kappa shape index (κ1) is 11.3. The first-order valence-electron chi connectivity index (χ1n) is 5.61. The molecule has 1 fully saturated rings. The Morgan fingerprint density at radius 2 is 1.86 bits per heavy atom.